The van der Waals surface area contributed by atoms with Gasteiger partial charge in [0.25, 0.3) is 11.8 Å². The first-order valence-corrected chi connectivity index (χ1v) is 9.84. The van der Waals surface area contributed by atoms with Crippen LogP contribution in [0, 0.1) is 17.2 Å². The Labute approximate surface area is 163 Å². The summed E-state index contributed by atoms with van der Waals surface area (Å²) in [6.45, 7) is 0.848. The van der Waals surface area contributed by atoms with Crippen LogP contribution in [-0.2, 0) is 19.1 Å². The highest BCUT2D eigenvalue weighted by Crippen LogP contribution is 2.38. The molecule has 3 fully saturated rings. The predicted octanol–water partition coefficient (Wildman–Crippen LogP) is 0.983. The maximum Gasteiger partial charge on any atom is 0.326 e. The fourth-order valence-corrected chi connectivity index (χ4v) is 4.51. The average Bonchev–Trinajstić information content (AvgIpc) is 3.22. The second-order valence-corrected chi connectivity index (χ2v) is 8.05. The summed E-state index contributed by atoms with van der Waals surface area (Å²) in [4.78, 5) is 50.0. The standard InChI is InChI=1S/C19H26N4O5/c1-13-6-2-3-9-19(13)16(26)23(17(27)22-19)10-15(25)28-11-14(24)21-18(12-20)7-4-5-8-18/h13H,2-11H2,1H3,(H,21,24)(H,22,27)/t13-,19-/m1/s1. The molecule has 1 spiro atoms. The maximum absolute atomic E-state index is 12.8. The number of imide groups is 1. The van der Waals surface area contributed by atoms with Crippen LogP contribution < -0.4 is 10.6 Å². The number of carbonyl (C=O) groups is 4. The van der Waals surface area contributed by atoms with Crippen molar-refractivity contribution in [3.63, 3.8) is 0 Å². The number of ether oxygens (including phenoxy) is 1. The number of hydrogen-bond acceptors (Lipinski definition) is 6. The van der Waals surface area contributed by atoms with Gasteiger partial charge in [-0.1, -0.05) is 19.8 Å². The summed E-state index contributed by atoms with van der Waals surface area (Å²) in [5, 5.41) is 14.7. The van der Waals surface area contributed by atoms with E-state index in [2.05, 4.69) is 16.7 Å². The number of carbonyl (C=O) groups excluding carboxylic acids is 4. The smallest absolute Gasteiger partial charge is 0.326 e. The van der Waals surface area contributed by atoms with E-state index < -0.39 is 48.0 Å². The van der Waals surface area contributed by atoms with Crippen molar-refractivity contribution in [1.82, 2.24) is 15.5 Å². The van der Waals surface area contributed by atoms with Crippen LogP contribution in [0.25, 0.3) is 0 Å². The summed E-state index contributed by atoms with van der Waals surface area (Å²) in [7, 11) is 0. The molecule has 1 aliphatic heterocycles. The van der Waals surface area contributed by atoms with Gasteiger partial charge in [0.2, 0.25) is 0 Å². The molecule has 0 unspecified atom stereocenters. The van der Waals surface area contributed by atoms with Crippen molar-refractivity contribution in [2.24, 2.45) is 5.92 Å². The molecule has 2 atom stereocenters. The predicted molar refractivity (Wildman–Crippen MR) is 96.5 cm³/mol. The number of hydrogen-bond donors (Lipinski definition) is 2. The van der Waals surface area contributed by atoms with Crippen LogP contribution in [0.1, 0.15) is 58.3 Å². The molecule has 9 nitrogen and oxygen atoms in total. The summed E-state index contributed by atoms with van der Waals surface area (Å²) in [6, 6.07) is 1.52. The molecular formula is C19H26N4O5. The Hall–Kier alpha value is -2.63. The van der Waals surface area contributed by atoms with Gasteiger partial charge in [0.15, 0.2) is 6.61 Å². The van der Waals surface area contributed by atoms with Gasteiger partial charge >= 0.3 is 12.0 Å². The number of nitrogens with one attached hydrogen (secondary N) is 2. The monoisotopic (exact) mass is 390 g/mol. The number of nitriles is 1. The third-order valence-electron chi connectivity index (χ3n) is 6.20. The van der Waals surface area contributed by atoms with Gasteiger partial charge in [-0.05, 0) is 44.4 Å². The lowest BCUT2D eigenvalue weighted by atomic mass is 9.73. The third-order valence-corrected chi connectivity index (χ3v) is 6.20. The normalized spacial score (nSPS) is 28.7. The van der Waals surface area contributed by atoms with Gasteiger partial charge in [-0.25, -0.2) is 4.79 Å². The van der Waals surface area contributed by atoms with Gasteiger partial charge in [-0.2, -0.15) is 5.26 Å². The van der Waals surface area contributed by atoms with Crippen LogP contribution in [0.5, 0.6) is 0 Å². The summed E-state index contributed by atoms with van der Waals surface area (Å²) < 4.78 is 4.93. The minimum atomic E-state index is -0.936. The summed E-state index contributed by atoms with van der Waals surface area (Å²) in [5.41, 5.74) is -1.83. The quantitative estimate of drug-likeness (QED) is 0.532. The number of esters is 1. The van der Waals surface area contributed by atoms with E-state index in [1.807, 2.05) is 6.92 Å². The Balaban J connectivity index is 1.52. The Morgan fingerprint density at radius 1 is 1.25 bits per heavy atom. The molecule has 2 N–H and O–H groups in total. The van der Waals surface area contributed by atoms with Crippen LogP contribution in [0.4, 0.5) is 4.79 Å². The van der Waals surface area contributed by atoms with E-state index in [4.69, 9.17) is 4.74 Å². The number of urea groups is 1. The second-order valence-electron chi connectivity index (χ2n) is 8.05. The number of amides is 4. The molecule has 3 aliphatic rings. The molecule has 9 heteroatoms. The molecule has 4 amide bonds. The van der Waals surface area contributed by atoms with Gasteiger partial charge in [0, 0.05) is 0 Å². The fourth-order valence-electron chi connectivity index (χ4n) is 4.51. The number of rotatable bonds is 5. The summed E-state index contributed by atoms with van der Waals surface area (Å²) >= 11 is 0. The van der Waals surface area contributed by atoms with Crippen LogP contribution in [-0.4, -0.2) is 52.9 Å². The van der Waals surface area contributed by atoms with E-state index in [9.17, 15) is 24.4 Å². The topological polar surface area (TPSA) is 129 Å². The van der Waals surface area contributed by atoms with Crippen molar-refractivity contribution in [3.8, 4) is 6.07 Å². The molecule has 0 bridgehead atoms. The molecule has 0 aromatic heterocycles. The van der Waals surface area contributed by atoms with Crippen LogP contribution in [0.2, 0.25) is 0 Å². The Kier molecular flexibility index (Phi) is 5.59. The fraction of sp³-hybridized carbons (Fsp3) is 0.737. The van der Waals surface area contributed by atoms with E-state index >= 15 is 0 Å². The highest BCUT2D eigenvalue weighted by atomic mass is 16.5. The van der Waals surface area contributed by atoms with Gasteiger partial charge in [0.1, 0.15) is 17.6 Å². The zero-order chi connectivity index (χ0) is 20.4. The van der Waals surface area contributed by atoms with Crippen LogP contribution in [0.3, 0.4) is 0 Å². The highest BCUT2D eigenvalue weighted by molar-refractivity contribution is 6.09. The Bertz CT molecular complexity index is 724. The molecule has 3 rings (SSSR count). The van der Waals surface area contributed by atoms with E-state index in [-0.39, 0.29) is 5.92 Å². The van der Waals surface area contributed by atoms with Crippen molar-refractivity contribution in [2.45, 2.75) is 69.4 Å². The van der Waals surface area contributed by atoms with Crippen molar-refractivity contribution in [1.29, 1.82) is 5.26 Å². The van der Waals surface area contributed by atoms with Crippen LogP contribution >= 0.6 is 0 Å². The molecule has 1 heterocycles. The molecule has 0 aromatic rings. The molecule has 1 saturated heterocycles. The maximum atomic E-state index is 12.8. The van der Waals surface area contributed by atoms with Crippen LogP contribution in [0.15, 0.2) is 0 Å². The lowest BCUT2D eigenvalue weighted by Gasteiger charge is -2.36. The molecule has 0 aromatic carbocycles. The summed E-state index contributed by atoms with van der Waals surface area (Å²) in [5.74, 6) is -1.80. The Morgan fingerprint density at radius 3 is 2.57 bits per heavy atom. The SMILES string of the molecule is C[C@@H]1CCCC[C@@]12NC(=O)N(CC(=O)OCC(=O)NC1(C#N)CCCC1)C2=O. The molecule has 28 heavy (non-hydrogen) atoms. The second kappa shape index (κ2) is 7.78. The van der Waals surface area contributed by atoms with Crippen molar-refractivity contribution < 1.29 is 23.9 Å². The molecule has 2 aliphatic carbocycles. The van der Waals surface area contributed by atoms with E-state index in [0.29, 0.717) is 19.3 Å². The van der Waals surface area contributed by atoms with Crippen molar-refractivity contribution in [2.75, 3.05) is 13.2 Å². The van der Waals surface area contributed by atoms with Gasteiger partial charge < -0.3 is 15.4 Å². The van der Waals surface area contributed by atoms with Crippen molar-refractivity contribution >= 4 is 23.8 Å². The van der Waals surface area contributed by atoms with Gasteiger partial charge in [-0.15, -0.1) is 0 Å². The average molecular weight is 390 g/mol. The first-order chi connectivity index (χ1) is 13.3. The third kappa shape index (κ3) is 3.68. The minimum absolute atomic E-state index is 0.00178. The lowest BCUT2D eigenvalue weighted by Crippen LogP contribution is -2.54. The highest BCUT2D eigenvalue weighted by Gasteiger charge is 2.55. The Morgan fingerprint density at radius 2 is 1.93 bits per heavy atom. The zero-order valence-electron chi connectivity index (χ0n) is 16.1. The molecule has 2 saturated carbocycles. The lowest BCUT2D eigenvalue weighted by molar-refractivity contribution is -0.151. The molecular weight excluding hydrogens is 364 g/mol. The molecule has 0 radical (unpaired) electrons. The zero-order valence-corrected chi connectivity index (χ0v) is 16.1. The van der Waals surface area contributed by atoms with E-state index in [1.54, 1.807) is 0 Å². The molecule has 152 valence electrons. The van der Waals surface area contributed by atoms with E-state index in [1.165, 1.54) is 0 Å². The first kappa shape index (κ1) is 20.1. The van der Waals surface area contributed by atoms with E-state index in [0.717, 1.165) is 37.0 Å². The van der Waals surface area contributed by atoms with Crippen molar-refractivity contribution in [3.05, 3.63) is 0 Å². The number of nitrogens with zero attached hydrogens (tertiary/aromatic N) is 2. The van der Waals surface area contributed by atoms with Gasteiger partial charge in [-0.3, -0.25) is 19.3 Å². The minimum Gasteiger partial charge on any atom is -0.454 e. The van der Waals surface area contributed by atoms with Gasteiger partial charge in [0.05, 0.1) is 6.07 Å². The first-order valence-electron chi connectivity index (χ1n) is 9.84. The largest absolute Gasteiger partial charge is 0.454 e. The summed E-state index contributed by atoms with van der Waals surface area (Å²) in [6.07, 6.45) is 6.12.